The zero-order valence-electron chi connectivity index (χ0n) is 12.7. The molecule has 0 saturated heterocycles. The fourth-order valence-corrected chi connectivity index (χ4v) is 3.23. The molecule has 1 aliphatic carbocycles. The zero-order chi connectivity index (χ0) is 15.5. The Balaban J connectivity index is 1.62. The predicted octanol–water partition coefficient (Wildman–Crippen LogP) is 1.84. The van der Waals surface area contributed by atoms with Crippen molar-refractivity contribution in [3.63, 3.8) is 0 Å². The van der Waals surface area contributed by atoms with Gasteiger partial charge in [0.05, 0.1) is 11.6 Å². The number of hydrogen-bond acceptors (Lipinski definition) is 5. The Bertz CT molecular complexity index is 646. The predicted molar refractivity (Wildman–Crippen MR) is 84.0 cm³/mol. The van der Waals surface area contributed by atoms with Crippen LogP contribution in [0.1, 0.15) is 39.0 Å². The molecule has 118 valence electrons. The summed E-state index contributed by atoms with van der Waals surface area (Å²) < 4.78 is 0. The van der Waals surface area contributed by atoms with Crippen LogP contribution in [0.5, 0.6) is 0 Å². The number of carbonyl (C=O) groups excluding carboxylic acids is 1. The minimum absolute atomic E-state index is 0.0321. The Labute approximate surface area is 129 Å². The third-order valence-corrected chi connectivity index (χ3v) is 4.71. The first-order chi connectivity index (χ1) is 10.7. The average molecular weight is 302 g/mol. The van der Waals surface area contributed by atoms with Gasteiger partial charge in [-0.25, -0.2) is 9.97 Å². The molecule has 0 aromatic carbocycles. The van der Waals surface area contributed by atoms with Crippen LogP contribution in [0.3, 0.4) is 0 Å². The van der Waals surface area contributed by atoms with E-state index in [1.807, 2.05) is 0 Å². The highest BCUT2D eigenvalue weighted by atomic mass is 16.1. The summed E-state index contributed by atoms with van der Waals surface area (Å²) >= 11 is 0. The van der Waals surface area contributed by atoms with Crippen molar-refractivity contribution in [3.05, 3.63) is 12.5 Å². The fourth-order valence-electron chi connectivity index (χ4n) is 3.23. The maximum absolute atomic E-state index is 12.4. The summed E-state index contributed by atoms with van der Waals surface area (Å²) in [6, 6.07) is 0.261. The molecule has 0 spiro atoms. The number of rotatable bonds is 4. The number of aromatic nitrogens is 4. The lowest BCUT2D eigenvalue weighted by Crippen LogP contribution is -2.35. The van der Waals surface area contributed by atoms with Gasteiger partial charge in [-0.1, -0.05) is 6.92 Å². The molecule has 1 atom stereocenters. The van der Waals surface area contributed by atoms with Crippen molar-refractivity contribution in [3.8, 4) is 0 Å². The normalized spacial score (nSPS) is 23.4. The number of nitrogens with zero attached hydrogens (tertiary/aromatic N) is 3. The third-order valence-electron chi connectivity index (χ3n) is 4.71. The second-order valence-electron chi connectivity index (χ2n) is 6.03. The summed E-state index contributed by atoms with van der Waals surface area (Å²) in [5, 5.41) is 10.4. The number of nitrogens with one attached hydrogen (secondary N) is 2. The van der Waals surface area contributed by atoms with Gasteiger partial charge in [-0.15, -0.1) is 0 Å². The lowest BCUT2D eigenvalue weighted by molar-refractivity contribution is -0.121. The topological polar surface area (TPSA) is 110 Å². The third kappa shape index (κ3) is 2.94. The van der Waals surface area contributed by atoms with E-state index in [0.717, 1.165) is 37.5 Å². The molecule has 2 aromatic heterocycles. The van der Waals surface area contributed by atoms with E-state index in [1.165, 1.54) is 6.33 Å². The molecule has 3 rings (SSSR count). The van der Waals surface area contributed by atoms with Crippen molar-refractivity contribution >= 4 is 22.8 Å². The summed E-state index contributed by atoms with van der Waals surface area (Å²) in [5.74, 6) is 1.15. The molecule has 2 heterocycles. The number of fused-ring (bicyclic) bond motifs is 1. The van der Waals surface area contributed by atoms with Crippen LogP contribution in [0, 0.1) is 11.8 Å². The van der Waals surface area contributed by atoms with E-state index in [-0.39, 0.29) is 17.9 Å². The van der Waals surface area contributed by atoms with E-state index < -0.39 is 0 Å². The van der Waals surface area contributed by atoms with Crippen molar-refractivity contribution in [2.24, 2.45) is 17.6 Å². The van der Waals surface area contributed by atoms with Gasteiger partial charge in [0, 0.05) is 12.0 Å². The molecular formula is C15H22N6O. The largest absolute Gasteiger partial charge is 0.327 e. The molecule has 4 N–H and O–H groups in total. The number of hydrogen-bond donors (Lipinski definition) is 3. The number of amides is 1. The lowest BCUT2D eigenvalue weighted by atomic mass is 9.78. The molecule has 1 unspecified atom stereocenters. The first kappa shape index (κ1) is 14.9. The van der Waals surface area contributed by atoms with Crippen LogP contribution in [0.2, 0.25) is 0 Å². The Morgan fingerprint density at radius 3 is 2.91 bits per heavy atom. The van der Waals surface area contributed by atoms with E-state index in [0.29, 0.717) is 17.4 Å². The zero-order valence-corrected chi connectivity index (χ0v) is 12.7. The summed E-state index contributed by atoms with van der Waals surface area (Å²) in [6.07, 6.45) is 7.89. The van der Waals surface area contributed by atoms with Crippen LogP contribution in [0.25, 0.3) is 11.0 Å². The smallest absolute Gasteiger partial charge is 0.228 e. The van der Waals surface area contributed by atoms with Gasteiger partial charge in [-0.2, -0.15) is 5.10 Å². The monoisotopic (exact) mass is 302 g/mol. The highest BCUT2D eigenvalue weighted by Gasteiger charge is 2.29. The number of carbonyl (C=O) groups is 1. The van der Waals surface area contributed by atoms with Crippen molar-refractivity contribution in [1.29, 1.82) is 0 Å². The Morgan fingerprint density at radius 1 is 1.41 bits per heavy atom. The fraction of sp³-hybridized carbons (Fsp3) is 0.600. The summed E-state index contributed by atoms with van der Waals surface area (Å²) in [4.78, 5) is 20.7. The number of aromatic amines is 1. The highest BCUT2D eigenvalue weighted by Crippen LogP contribution is 2.32. The van der Waals surface area contributed by atoms with Gasteiger partial charge in [0.2, 0.25) is 5.91 Å². The molecular weight excluding hydrogens is 280 g/mol. The maximum atomic E-state index is 12.4. The van der Waals surface area contributed by atoms with E-state index >= 15 is 0 Å². The molecule has 1 saturated carbocycles. The standard InChI is InChI=1S/C15H22N6O/c1-2-12(16)9-3-5-10(6-4-9)15(22)20-13-11-7-19-21-14(11)18-8-17-13/h7-10,12H,2-6,16H2,1H3,(H2,17,18,19,20,21,22). The van der Waals surface area contributed by atoms with Gasteiger partial charge in [0.25, 0.3) is 0 Å². The molecule has 2 aromatic rings. The second kappa shape index (κ2) is 6.39. The number of H-pyrrole nitrogens is 1. The first-order valence-corrected chi connectivity index (χ1v) is 7.89. The molecule has 1 fully saturated rings. The Hall–Kier alpha value is -2.02. The molecule has 7 nitrogen and oxygen atoms in total. The summed E-state index contributed by atoms with van der Waals surface area (Å²) in [5.41, 5.74) is 6.74. The van der Waals surface area contributed by atoms with Crippen LogP contribution < -0.4 is 11.1 Å². The molecule has 1 amide bonds. The van der Waals surface area contributed by atoms with Gasteiger partial charge >= 0.3 is 0 Å². The summed E-state index contributed by atoms with van der Waals surface area (Å²) in [7, 11) is 0. The van der Waals surface area contributed by atoms with Crippen molar-refractivity contribution in [2.75, 3.05) is 5.32 Å². The Morgan fingerprint density at radius 2 is 2.18 bits per heavy atom. The molecule has 1 aliphatic rings. The van der Waals surface area contributed by atoms with Crippen LogP contribution in [-0.2, 0) is 4.79 Å². The van der Waals surface area contributed by atoms with E-state index in [2.05, 4.69) is 32.4 Å². The molecule has 0 bridgehead atoms. The van der Waals surface area contributed by atoms with Gasteiger partial charge in [-0.3, -0.25) is 9.89 Å². The van der Waals surface area contributed by atoms with Gasteiger partial charge in [-0.05, 0) is 38.0 Å². The SMILES string of the molecule is CCC(N)C1CCC(C(=O)Nc2ncnc3[nH]ncc23)CC1. The van der Waals surface area contributed by atoms with E-state index in [4.69, 9.17) is 5.73 Å². The Kier molecular flexibility index (Phi) is 4.33. The maximum Gasteiger partial charge on any atom is 0.228 e. The van der Waals surface area contributed by atoms with Crippen LogP contribution >= 0.6 is 0 Å². The second-order valence-corrected chi connectivity index (χ2v) is 6.03. The van der Waals surface area contributed by atoms with Gasteiger partial charge < -0.3 is 11.1 Å². The first-order valence-electron chi connectivity index (χ1n) is 7.89. The van der Waals surface area contributed by atoms with E-state index in [9.17, 15) is 4.79 Å². The highest BCUT2D eigenvalue weighted by molar-refractivity contribution is 5.98. The van der Waals surface area contributed by atoms with Crippen LogP contribution in [-0.4, -0.2) is 32.1 Å². The van der Waals surface area contributed by atoms with Crippen LogP contribution in [0.4, 0.5) is 5.82 Å². The molecule has 7 heteroatoms. The average Bonchev–Trinajstić information content (AvgIpc) is 3.04. The minimum atomic E-state index is 0.0321. The van der Waals surface area contributed by atoms with Crippen molar-refractivity contribution in [2.45, 2.75) is 45.1 Å². The number of nitrogens with two attached hydrogens (primary N) is 1. The van der Waals surface area contributed by atoms with Crippen molar-refractivity contribution in [1.82, 2.24) is 20.2 Å². The van der Waals surface area contributed by atoms with Crippen molar-refractivity contribution < 1.29 is 4.79 Å². The molecule has 0 aliphatic heterocycles. The lowest BCUT2D eigenvalue weighted by Gasteiger charge is -2.31. The van der Waals surface area contributed by atoms with Gasteiger partial charge in [0.1, 0.15) is 12.1 Å². The summed E-state index contributed by atoms with van der Waals surface area (Å²) in [6.45, 7) is 2.12. The molecule has 0 radical (unpaired) electrons. The quantitative estimate of drug-likeness (QED) is 0.798. The van der Waals surface area contributed by atoms with Gasteiger partial charge in [0.15, 0.2) is 5.65 Å². The van der Waals surface area contributed by atoms with E-state index in [1.54, 1.807) is 6.20 Å². The minimum Gasteiger partial charge on any atom is -0.327 e. The molecule has 22 heavy (non-hydrogen) atoms. The number of anilines is 1. The van der Waals surface area contributed by atoms with Crippen LogP contribution in [0.15, 0.2) is 12.5 Å².